The molecule has 0 radical (unpaired) electrons. The second-order valence-corrected chi connectivity index (χ2v) is 6.15. The van der Waals surface area contributed by atoms with Crippen LogP contribution >= 0.6 is 0 Å². The standard InChI is InChI=1S/C12H19N3O3S/c1-18-9-10-5-4-6-11(14-10)12-7-2-3-8-15(12)19(13,16)17/h4-6,12H,2-3,7-9H2,1H3,(H2,13,16,17). The fourth-order valence-corrected chi connectivity index (χ4v) is 3.37. The lowest BCUT2D eigenvalue weighted by Gasteiger charge is -2.32. The molecular formula is C12H19N3O3S. The summed E-state index contributed by atoms with van der Waals surface area (Å²) in [5.41, 5.74) is 1.53. The van der Waals surface area contributed by atoms with Crippen LogP contribution in [0.15, 0.2) is 18.2 Å². The summed E-state index contributed by atoms with van der Waals surface area (Å²) in [6.07, 6.45) is 2.57. The van der Waals surface area contributed by atoms with Crippen LogP contribution in [0.4, 0.5) is 0 Å². The van der Waals surface area contributed by atoms with Crippen molar-refractivity contribution in [2.75, 3.05) is 13.7 Å². The molecule has 1 fully saturated rings. The summed E-state index contributed by atoms with van der Waals surface area (Å²) >= 11 is 0. The van der Waals surface area contributed by atoms with Crippen molar-refractivity contribution in [3.05, 3.63) is 29.6 Å². The summed E-state index contributed by atoms with van der Waals surface area (Å²) in [6, 6.07) is 5.30. The van der Waals surface area contributed by atoms with Gasteiger partial charge in [-0.25, -0.2) is 5.14 Å². The van der Waals surface area contributed by atoms with Crippen molar-refractivity contribution >= 4 is 10.2 Å². The van der Waals surface area contributed by atoms with E-state index < -0.39 is 10.2 Å². The number of pyridine rings is 1. The third kappa shape index (κ3) is 3.50. The van der Waals surface area contributed by atoms with Gasteiger partial charge in [0.05, 0.1) is 24.0 Å². The lowest BCUT2D eigenvalue weighted by atomic mass is 10.0. The van der Waals surface area contributed by atoms with Gasteiger partial charge >= 0.3 is 0 Å². The number of rotatable bonds is 4. The highest BCUT2D eigenvalue weighted by Crippen LogP contribution is 2.31. The largest absolute Gasteiger partial charge is 0.378 e. The molecule has 1 saturated heterocycles. The van der Waals surface area contributed by atoms with E-state index in [1.54, 1.807) is 7.11 Å². The minimum absolute atomic E-state index is 0.263. The van der Waals surface area contributed by atoms with Gasteiger partial charge in [0.15, 0.2) is 0 Å². The predicted octanol–water partition coefficient (Wildman–Crippen LogP) is 0.958. The van der Waals surface area contributed by atoms with Crippen LogP contribution in [-0.4, -0.2) is 31.4 Å². The number of piperidine rings is 1. The normalized spacial score (nSPS) is 21.5. The number of nitrogens with zero attached hydrogens (tertiary/aromatic N) is 2. The Morgan fingerprint density at radius 2 is 2.26 bits per heavy atom. The van der Waals surface area contributed by atoms with Crippen molar-refractivity contribution < 1.29 is 13.2 Å². The maximum absolute atomic E-state index is 11.6. The van der Waals surface area contributed by atoms with E-state index in [4.69, 9.17) is 9.88 Å². The first-order valence-corrected chi connectivity index (χ1v) is 7.77. The number of hydrogen-bond acceptors (Lipinski definition) is 4. The number of hydrogen-bond donors (Lipinski definition) is 1. The second-order valence-electron chi connectivity index (χ2n) is 4.65. The molecule has 1 aromatic rings. The van der Waals surface area contributed by atoms with Gasteiger partial charge in [0, 0.05) is 13.7 Å². The molecule has 1 aliphatic rings. The van der Waals surface area contributed by atoms with Crippen LogP contribution in [0, 0.1) is 0 Å². The van der Waals surface area contributed by atoms with Crippen molar-refractivity contribution in [3.8, 4) is 0 Å². The van der Waals surface area contributed by atoms with E-state index in [1.165, 1.54) is 4.31 Å². The minimum atomic E-state index is -3.69. The van der Waals surface area contributed by atoms with Crippen LogP contribution in [0.1, 0.15) is 36.7 Å². The van der Waals surface area contributed by atoms with Crippen LogP contribution in [0.2, 0.25) is 0 Å². The zero-order valence-electron chi connectivity index (χ0n) is 10.9. The fraction of sp³-hybridized carbons (Fsp3) is 0.583. The molecule has 106 valence electrons. The fourth-order valence-electron chi connectivity index (χ4n) is 2.42. The van der Waals surface area contributed by atoms with Gasteiger partial charge in [-0.3, -0.25) is 4.98 Å². The third-order valence-corrected chi connectivity index (χ3v) is 4.33. The lowest BCUT2D eigenvalue weighted by Crippen LogP contribution is -2.42. The van der Waals surface area contributed by atoms with Crippen molar-refractivity contribution in [2.45, 2.75) is 31.9 Å². The molecule has 0 aromatic carbocycles. The Hall–Kier alpha value is -1.02. The van der Waals surface area contributed by atoms with E-state index >= 15 is 0 Å². The monoisotopic (exact) mass is 285 g/mol. The summed E-state index contributed by atoms with van der Waals surface area (Å²) in [6.45, 7) is 0.871. The number of ether oxygens (including phenoxy) is 1. The minimum Gasteiger partial charge on any atom is -0.378 e. The summed E-state index contributed by atoms with van der Waals surface area (Å²) in [4.78, 5) is 4.46. The van der Waals surface area contributed by atoms with Crippen LogP contribution in [0.5, 0.6) is 0 Å². The smallest absolute Gasteiger partial charge is 0.277 e. The van der Waals surface area contributed by atoms with E-state index in [0.29, 0.717) is 13.2 Å². The maximum atomic E-state index is 11.6. The third-order valence-electron chi connectivity index (χ3n) is 3.24. The summed E-state index contributed by atoms with van der Waals surface area (Å²) < 4.78 is 29.7. The number of methoxy groups -OCH3 is 1. The molecule has 0 saturated carbocycles. The molecule has 0 amide bonds. The topological polar surface area (TPSA) is 85.5 Å². The molecule has 2 heterocycles. The van der Waals surface area contributed by atoms with Gasteiger partial charge in [0.2, 0.25) is 0 Å². The van der Waals surface area contributed by atoms with Gasteiger partial charge in [-0.05, 0) is 25.0 Å². The molecule has 1 unspecified atom stereocenters. The lowest BCUT2D eigenvalue weighted by molar-refractivity contribution is 0.180. The Labute approximate surface area is 113 Å². The van der Waals surface area contributed by atoms with Gasteiger partial charge in [-0.15, -0.1) is 0 Å². The maximum Gasteiger partial charge on any atom is 0.277 e. The molecule has 0 aliphatic carbocycles. The van der Waals surface area contributed by atoms with Crippen molar-refractivity contribution in [1.29, 1.82) is 0 Å². The van der Waals surface area contributed by atoms with E-state index in [0.717, 1.165) is 30.7 Å². The molecule has 0 spiro atoms. The predicted molar refractivity (Wildman–Crippen MR) is 71.4 cm³/mol. The molecule has 6 nitrogen and oxygen atoms in total. The van der Waals surface area contributed by atoms with Gasteiger partial charge in [0.1, 0.15) is 0 Å². The Balaban J connectivity index is 2.29. The van der Waals surface area contributed by atoms with Crippen LogP contribution in [-0.2, 0) is 21.6 Å². The van der Waals surface area contributed by atoms with Crippen molar-refractivity contribution in [2.24, 2.45) is 5.14 Å². The van der Waals surface area contributed by atoms with Crippen LogP contribution < -0.4 is 5.14 Å². The first kappa shape index (κ1) is 14.4. The molecule has 1 aliphatic heterocycles. The zero-order chi connectivity index (χ0) is 13.9. The quantitative estimate of drug-likeness (QED) is 0.892. The summed E-state index contributed by atoms with van der Waals surface area (Å²) in [7, 11) is -2.08. The van der Waals surface area contributed by atoms with Crippen LogP contribution in [0.3, 0.4) is 0 Å². The molecule has 7 heteroatoms. The Kier molecular flexibility index (Phi) is 4.51. The second kappa shape index (κ2) is 5.96. The first-order valence-electron chi connectivity index (χ1n) is 6.26. The number of aromatic nitrogens is 1. The van der Waals surface area contributed by atoms with Crippen LogP contribution in [0.25, 0.3) is 0 Å². The average molecular weight is 285 g/mol. The molecular weight excluding hydrogens is 266 g/mol. The Morgan fingerprint density at radius 3 is 2.95 bits per heavy atom. The van der Waals surface area contributed by atoms with Crippen molar-refractivity contribution in [3.63, 3.8) is 0 Å². The van der Waals surface area contributed by atoms with Gasteiger partial charge in [-0.2, -0.15) is 12.7 Å². The molecule has 19 heavy (non-hydrogen) atoms. The highest BCUT2D eigenvalue weighted by molar-refractivity contribution is 7.86. The molecule has 0 bridgehead atoms. The van der Waals surface area contributed by atoms with E-state index in [9.17, 15) is 8.42 Å². The Morgan fingerprint density at radius 1 is 1.47 bits per heavy atom. The average Bonchev–Trinajstić information content (AvgIpc) is 2.38. The van der Waals surface area contributed by atoms with Gasteiger partial charge in [-0.1, -0.05) is 12.5 Å². The molecule has 2 N–H and O–H groups in total. The highest BCUT2D eigenvalue weighted by Gasteiger charge is 2.31. The van der Waals surface area contributed by atoms with E-state index in [-0.39, 0.29) is 6.04 Å². The first-order chi connectivity index (χ1) is 9.02. The highest BCUT2D eigenvalue weighted by atomic mass is 32.2. The van der Waals surface area contributed by atoms with E-state index in [1.807, 2.05) is 18.2 Å². The molecule has 1 atom stereocenters. The van der Waals surface area contributed by atoms with E-state index in [2.05, 4.69) is 4.98 Å². The zero-order valence-corrected chi connectivity index (χ0v) is 11.8. The Bertz CT molecular complexity index is 533. The number of nitrogens with two attached hydrogens (primary N) is 1. The summed E-state index contributed by atoms with van der Waals surface area (Å²) in [5.74, 6) is 0. The molecule has 2 rings (SSSR count). The van der Waals surface area contributed by atoms with Gasteiger partial charge in [0.25, 0.3) is 10.2 Å². The SMILES string of the molecule is COCc1cccc(C2CCCCN2S(N)(=O)=O)n1. The molecule has 1 aromatic heterocycles. The summed E-state index contributed by atoms with van der Waals surface area (Å²) in [5, 5.41) is 5.28. The van der Waals surface area contributed by atoms with Gasteiger partial charge < -0.3 is 4.74 Å². The van der Waals surface area contributed by atoms with Crippen molar-refractivity contribution in [1.82, 2.24) is 9.29 Å².